The SMILES string of the molecule is C#CCn1c(=NC(=O)/C=C/c2cccs2)sc2cc(S(C)(=O)=O)ccc21. The molecule has 2 heterocycles. The summed E-state index contributed by atoms with van der Waals surface area (Å²) in [5.41, 5.74) is 0.745. The highest BCUT2D eigenvalue weighted by atomic mass is 32.2. The van der Waals surface area contributed by atoms with E-state index in [1.165, 1.54) is 34.8 Å². The molecular formula is C18H14N2O3S3. The predicted molar refractivity (Wildman–Crippen MR) is 106 cm³/mol. The summed E-state index contributed by atoms with van der Waals surface area (Å²) in [4.78, 5) is 17.9. The molecule has 1 aromatic carbocycles. The molecule has 0 fully saturated rings. The van der Waals surface area contributed by atoms with E-state index in [4.69, 9.17) is 6.42 Å². The van der Waals surface area contributed by atoms with Gasteiger partial charge >= 0.3 is 0 Å². The Morgan fingerprint density at radius 2 is 2.19 bits per heavy atom. The van der Waals surface area contributed by atoms with Crippen LogP contribution in [-0.2, 0) is 21.2 Å². The number of carbonyl (C=O) groups excluding carboxylic acids is 1. The second-order valence-corrected chi connectivity index (χ2v) is 9.38. The van der Waals surface area contributed by atoms with Crippen LogP contribution in [0.5, 0.6) is 0 Å². The third-order valence-corrected chi connectivity index (χ3v) is 6.46. The Morgan fingerprint density at radius 3 is 2.85 bits per heavy atom. The average molecular weight is 403 g/mol. The van der Waals surface area contributed by atoms with Gasteiger partial charge in [-0.3, -0.25) is 4.79 Å². The van der Waals surface area contributed by atoms with Gasteiger partial charge < -0.3 is 4.57 Å². The van der Waals surface area contributed by atoms with Crippen molar-refractivity contribution >= 4 is 54.7 Å². The first-order valence-corrected chi connectivity index (χ1v) is 11.0. The van der Waals surface area contributed by atoms with Crippen molar-refractivity contribution in [3.63, 3.8) is 0 Å². The smallest absolute Gasteiger partial charge is 0.272 e. The Balaban J connectivity index is 2.07. The van der Waals surface area contributed by atoms with Gasteiger partial charge in [0.1, 0.15) is 0 Å². The molecule has 0 saturated carbocycles. The van der Waals surface area contributed by atoms with E-state index >= 15 is 0 Å². The van der Waals surface area contributed by atoms with Crippen LogP contribution in [0.1, 0.15) is 4.88 Å². The van der Waals surface area contributed by atoms with Crippen molar-refractivity contribution in [2.24, 2.45) is 4.99 Å². The van der Waals surface area contributed by atoms with E-state index in [2.05, 4.69) is 10.9 Å². The van der Waals surface area contributed by atoms with Crippen LogP contribution in [0.2, 0.25) is 0 Å². The summed E-state index contributed by atoms with van der Waals surface area (Å²) in [5, 5.41) is 1.92. The number of nitrogens with zero attached hydrogens (tertiary/aromatic N) is 2. The summed E-state index contributed by atoms with van der Waals surface area (Å²) in [5.74, 6) is 2.14. The normalized spacial score (nSPS) is 12.7. The van der Waals surface area contributed by atoms with E-state index in [0.717, 1.165) is 16.6 Å². The molecule has 0 spiro atoms. The third-order valence-electron chi connectivity index (χ3n) is 3.47. The molecule has 0 saturated heterocycles. The van der Waals surface area contributed by atoms with Crippen LogP contribution in [0.4, 0.5) is 0 Å². The highest BCUT2D eigenvalue weighted by Crippen LogP contribution is 2.22. The first-order chi connectivity index (χ1) is 12.4. The Kier molecular flexibility index (Phi) is 5.23. The van der Waals surface area contributed by atoms with Crippen LogP contribution in [-0.4, -0.2) is 25.1 Å². The summed E-state index contributed by atoms with van der Waals surface area (Å²) >= 11 is 2.75. The molecule has 0 radical (unpaired) electrons. The first-order valence-electron chi connectivity index (χ1n) is 7.45. The maximum Gasteiger partial charge on any atom is 0.272 e. The molecule has 0 N–H and O–H groups in total. The maximum atomic E-state index is 12.2. The molecule has 0 atom stereocenters. The molecule has 2 aromatic heterocycles. The minimum Gasteiger partial charge on any atom is -0.305 e. The Bertz CT molecular complexity index is 1200. The van der Waals surface area contributed by atoms with Crippen LogP contribution in [0.3, 0.4) is 0 Å². The lowest BCUT2D eigenvalue weighted by atomic mass is 10.3. The summed E-state index contributed by atoms with van der Waals surface area (Å²) < 4.78 is 25.9. The minimum atomic E-state index is -3.32. The molecule has 0 aliphatic carbocycles. The van der Waals surface area contributed by atoms with Crippen molar-refractivity contribution in [2.45, 2.75) is 11.4 Å². The van der Waals surface area contributed by atoms with Gasteiger partial charge in [-0.15, -0.1) is 17.8 Å². The Hall–Kier alpha value is -2.47. The van der Waals surface area contributed by atoms with E-state index in [9.17, 15) is 13.2 Å². The number of hydrogen-bond donors (Lipinski definition) is 0. The van der Waals surface area contributed by atoms with E-state index < -0.39 is 15.7 Å². The van der Waals surface area contributed by atoms with Crippen LogP contribution >= 0.6 is 22.7 Å². The number of hydrogen-bond acceptors (Lipinski definition) is 5. The van der Waals surface area contributed by atoms with Crippen molar-refractivity contribution < 1.29 is 13.2 Å². The number of benzene rings is 1. The molecule has 0 aliphatic rings. The van der Waals surface area contributed by atoms with Crippen molar-refractivity contribution in [1.82, 2.24) is 4.57 Å². The number of fused-ring (bicyclic) bond motifs is 1. The standard InChI is InChI=1S/C18H14N2O3S3/c1-3-10-20-15-8-7-14(26(2,22)23)12-16(15)25-18(20)19-17(21)9-6-13-5-4-11-24-13/h1,4-9,11-12H,10H2,2H3/b9-6+,19-18?. The highest BCUT2D eigenvalue weighted by Gasteiger charge is 2.12. The van der Waals surface area contributed by atoms with Crippen LogP contribution in [0.15, 0.2) is 51.7 Å². The monoisotopic (exact) mass is 402 g/mol. The largest absolute Gasteiger partial charge is 0.305 e. The fraction of sp³-hybridized carbons (Fsp3) is 0.111. The van der Waals surface area contributed by atoms with Crippen LogP contribution in [0.25, 0.3) is 16.3 Å². The maximum absolute atomic E-state index is 12.2. The molecule has 0 aliphatic heterocycles. The number of thiazole rings is 1. The van der Waals surface area contributed by atoms with Gasteiger partial charge in [-0.1, -0.05) is 23.3 Å². The molecule has 26 heavy (non-hydrogen) atoms. The van der Waals surface area contributed by atoms with Crippen LogP contribution in [0, 0.1) is 12.3 Å². The third kappa shape index (κ3) is 4.02. The van der Waals surface area contributed by atoms with E-state index in [1.807, 2.05) is 17.5 Å². The molecule has 1 amide bonds. The van der Waals surface area contributed by atoms with Gasteiger partial charge in [-0.2, -0.15) is 4.99 Å². The van der Waals surface area contributed by atoms with E-state index in [-0.39, 0.29) is 11.4 Å². The zero-order valence-corrected chi connectivity index (χ0v) is 16.2. The van der Waals surface area contributed by atoms with Crippen molar-refractivity contribution in [3.8, 4) is 12.3 Å². The number of terminal acetylenes is 1. The summed E-state index contributed by atoms with van der Waals surface area (Å²) in [7, 11) is -3.32. The summed E-state index contributed by atoms with van der Waals surface area (Å²) in [6, 6.07) is 8.59. The Morgan fingerprint density at radius 1 is 1.38 bits per heavy atom. The minimum absolute atomic E-state index is 0.217. The van der Waals surface area contributed by atoms with Gasteiger partial charge in [0.05, 0.1) is 21.7 Å². The van der Waals surface area contributed by atoms with E-state index in [1.54, 1.807) is 22.8 Å². The lowest BCUT2D eigenvalue weighted by molar-refractivity contribution is -0.113. The Labute approximate surface area is 158 Å². The summed E-state index contributed by atoms with van der Waals surface area (Å²) in [6.07, 6.45) is 9.69. The quantitative estimate of drug-likeness (QED) is 0.498. The fourth-order valence-corrected chi connectivity index (χ4v) is 4.70. The molecule has 5 nitrogen and oxygen atoms in total. The molecule has 3 rings (SSSR count). The molecule has 132 valence electrons. The second kappa shape index (κ2) is 7.41. The molecule has 0 bridgehead atoms. The molecule has 3 aromatic rings. The topological polar surface area (TPSA) is 68.5 Å². The van der Waals surface area contributed by atoms with Crippen molar-refractivity contribution in [3.05, 3.63) is 51.5 Å². The zero-order valence-electron chi connectivity index (χ0n) is 13.7. The van der Waals surface area contributed by atoms with Gasteiger partial charge in [0, 0.05) is 17.2 Å². The van der Waals surface area contributed by atoms with Gasteiger partial charge in [0.2, 0.25) is 0 Å². The zero-order chi connectivity index (χ0) is 18.7. The van der Waals surface area contributed by atoms with Crippen molar-refractivity contribution in [1.29, 1.82) is 0 Å². The molecule has 8 heteroatoms. The number of carbonyl (C=O) groups is 1. The molecular weight excluding hydrogens is 388 g/mol. The average Bonchev–Trinajstić information content (AvgIpc) is 3.20. The predicted octanol–water partition coefficient (Wildman–Crippen LogP) is 2.94. The van der Waals surface area contributed by atoms with Crippen LogP contribution < -0.4 is 4.80 Å². The van der Waals surface area contributed by atoms with Gasteiger partial charge in [-0.25, -0.2) is 8.42 Å². The molecule has 0 unspecified atom stereocenters. The first kappa shape index (κ1) is 18.3. The van der Waals surface area contributed by atoms with E-state index in [0.29, 0.717) is 9.50 Å². The lowest BCUT2D eigenvalue weighted by Crippen LogP contribution is -2.15. The lowest BCUT2D eigenvalue weighted by Gasteiger charge is -2.01. The highest BCUT2D eigenvalue weighted by molar-refractivity contribution is 7.90. The number of thiophene rings is 1. The van der Waals surface area contributed by atoms with Gasteiger partial charge in [-0.05, 0) is 35.7 Å². The van der Waals surface area contributed by atoms with Crippen molar-refractivity contribution in [2.75, 3.05) is 6.26 Å². The number of aromatic nitrogens is 1. The number of rotatable bonds is 4. The van der Waals surface area contributed by atoms with Gasteiger partial charge in [0.25, 0.3) is 5.91 Å². The fourth-order valence-electron chi connectivity index (χ4n) is 2.28. The van der Waals surface area contributed by atoms with Gasteiger partial charge in [0.15, 0.2) is 14.6 Å². The number of sulfone groups is 1. The second-order valence-electron chi connectivity index (χ2n) is 5.38. The summed E-state index contributed by atoms with van der Waals surface area (Å²) in [6.45, 7) is 0.235. The number of amides is 1.